The highest BCUT2D eigenvalue weighted by molar-refractivity contribution is 5.92. The molecule has 0 bridgehead atoms. The standard InChI is InChI=1S/C30H39N3O4/c1-29(2,31)26(34)17-24(20-37-19-22-11-6-4-7-12-22)27(35)33-16-10-15-30(21-33)25(18-32(3)28(30)36)23-13-8-5-9-14-23/h4-9,11-14,24-25H,10,15-21,31H2,1-3H3/t24-,25+,30+/m1/s1. The Hall–Kier alpha value is -3.03. The molecule has 37 heavy (non-hydrogen) atoms. The van der Waals surface area contributed by atoms with Crippen molar-refractivity contribution in [2.45, 2.75) is 51.2 Å². The maximum absolute atomic E-state index is 13.9. The molecule has 0 aliphatic carbocycles. The molecule has 7 nitrogen and oxygen atoms in total. The van der Waals surface area contributed by atoms with Gasteiger partial charge in [0.2, 0.25) is 11.8 Å². The van der Waals surface area contributed by atoms with Crippen molar-refractivity contribution in [1.82, 2.24) is 9.80 Å². The number of likely N-dealkylation sites (tertiary alicyclic amines) is 2. The molecule has 2 N–H and O–H groups in total. The molecule has 1 spiro atoms. The van der Waals surface area contributed by atoms with Crippen LogP contribution in [-0.4, -0.2) is 66.2 Å². The lowest BCUT2D eigenvalue weighted by atomic mass is 9.69. The van der Waals surface area contributed by atoms with Gasteiger partial charge < -0.3 is 20.3 Å². The van der Waals surface area contributed by atoms with E-state index in [2.05, 4.69) is 12.1 Å². The van der Waals surface area contributed by atoms with Gasteiger partial charge in [-0.15, -0.1) is 0 Å². The number of carbonyl (C=O) groups excluding carboxylic acids is 3. The summed E-state index contributed by atoms with van der Waals surface area (Å²) in [6.07, 6.45) is 1.49. The largest absolute Gasteiger partial charge is 0.376 e. The number of likely N-dealkylation sites (N-methyl/N-ethyl adjacent to an activating group) is 1. The van der Waals surface area contributed by atoms with Crippen LogP contribution in [0.3, 0.4) is 0 Å². The molecule has 2 aromatic rings. The molecule has 0 saturated carbocycles. The minimum atomic E-state index is -1.04. The van der Waals surface area contributed by atoms with Gasteiger partial charge in [0.25, 0.3) is 0 Å². The lowest BCUT2D eigenvalue weighted by Gasteiger charge is -2.43. The van der Waals surface area contributed by atoms with Gasteiger partial charge in [0.15, 0.2) is 5.78 Å². The van der Waals surface area contributed by atoms with Gasteiger partial charge in [0.1, 0.15) is 0 Å². The highest BCUT2D eigenvalue weighted by Crippen LogP contribution is 2.49. The van der Waals surface area contributed by atoms with Crippen LogP contribution in [-0.2, 0) is 25.7 Å². The Balaban J connectivity index is 1.54. The molecule has 3 atom stereocenters. The second-order valence-corrected chi connectivity index (χ2v) is 11.2. The fourth-order valence-corrected chi connectivity index (χ4v) is 5.76. The van der Waals surface area contributed by atoms with Crippen molar-refractivity contribution in [3.8, 4) is 0 Å². The summed E-state index contributed by atoms with van der Waals surface area (Å²) in [5.41, 5.74) is 6.50. The number of piperidine rings is 1. The van der Waals surface area contributed by atoms with Gasteiger partial charge in [-0.2, -0.15) is 0 Å². The number of hydrogen-bond donors (Lipinski definition) is 1. The number of nitrogens with zero attached hydrogens (tertiary/aromatic N) is 2. The Morgan fingerprint density at radius 2 is 1.76 bits per heavy atom. The molecule has 2 saturated heterocycles. The second kappa shape index (κ2) is 11.2. The van der Waals surface area contributed by atoms with E-state index in [0.717, 1.165) is 24.0 Å². The van der Waals surface area contributed by atoms with Gasteiger partial charge in [0.05, 0.1) is 30.1 Å². The first-order valence-corrected chi connectivity index (χ1v) is 13.1. The van der Waals surface area contributed by atoms with E-state index in [-0.39, 0.29) is 36.5 Å². The maximum atomic E-state index is 13.9. The second-order valence-electron chi connectivity index (χ2n) is 11.2. The van der Waals surface area contributed by atoms with Crippen LogP contribution in [0.25, 0.3) is 0 Å². The normalized spacial score (nSPS) is 22.9. The number of hydrogen-bond acceptors (Lipinski definition) is 5. The minimum absolute atomic E-state index is 0.0105. The van der Waals surface area contributed by atoms with Gasteiger partial charge in [-0.25, -0.2) is 0 Å². The van der Waals surface area contributed by atoms with Crippen LogP contribution in [0, 0.1) is 11.3 Å². The summed E-state index contributed by atoms with van der Waals surface area (Å²) < 4.78 is 5.94. The van der Waals surface area contributed by atoms with Crippen LogP contribution < -0.4 is 5.73 Å². The Kier molecular flexibility index (Phi) is 8.14. The molecular formula is C30H39N3O4. The molecule has 2 amide bonds. The molecule has 2 aliphatic rings. The van der Waals surface area contributed by atoms with Crippen LogP contribution in [0.4, 0.5) is 0 Å². The molecule has 7 heteroatoms. The van der Waals surface area contributed by atoms with Gasteiger partial charge in [-0.3, -0.25) is 14.4 Å². The van der Waals surface area contributed by atoms with Gasteiger partial charge in [-0.1, -0.05) is 60.7 Å². The Morgan fingerprint density at radius 1 is 1.11 bits per heavy atom. The monoisotopic (exact) mass is 505 g/mol. The Labute approximate surface area is 220 Å². The molecule has 0 radical (unpaired) electrons. The van der Waals surface area contributed by atoms with E-state index < -0.39 is 16.9 Å². The zero-order valence-corrected chi connectivity index (χ0v) is 22.2. The minimum Gasteiger partial charge on any atom is -0.376 e. The fraction of sp³-hybridized carbons (Fsp3) is 0.500. The van der Waals surface area contributed by atoms with E-state index in [0.29, 0.717) is 26.2 Å². The summed E-state index contributed by atoms with van der Waals surface area (Å²) in [5, 5.41) is 0. The number of nitrogens with two attached hydrogens (primary N) is 1. The van der Waals surface area contributed by atoms with Crippen molar-refractivity contribution >= 4 is 17.6 Å². The first-order chi connectivity index (χ1) is 17.6. The summed E-state index contributed by atoms with van der Waals surface area (Å²) in [6.45, 7) is 5.35. The molecular weight excluding hydrogens is 466 g/mol. The number of benzene rings is 2. The molecule has 2 fully saturated rings. The lowest BCUT2D eigenvalue weighted by molar-refractivity contribution is -0.148. The SMILES string of the molecule is CN1C[C@@H](c2ccccc2)[C@@]2(CCCN(C(=O)[C@@H](COCc3ccccc3)CC(=O)C(C)(C)N)C2)C1=O. The van der Waals surface area contributed by atoms with Crippen molar-refractivity contribution in [1.29, 1.82) is 0 Å². The number of ether oxygens (including phenoxy) is 1. The third kappa shape index (κ3) is 5.94. The summed E-state index contributed by atoms with van der Waals surface area (Å²) in [6, 6.07) is 19.9. The van der Waals surface area contributed by atoms with E-state index in [1.165, 1.54) is 0 Å². The molecule has 4 rings (SSSR count). The van der Waals surface area contributed by atoms with Crippen molar-refractivity contribution in [2.24, 2.45) is 17.1 Å². The van der Waals surface area contributed by atoms with Crippen LogP contribution in [0.2, 0.25) is 0 Å². The lowest BCUT2D eigenvalue weighted by Crippen LogP contribution is -2.53. The zero-order valence-electron chi connectivity index (χ0n) is 22.2. The van der Waals surface area contributed by atoms with Crippen molar-refractivity contribution in [3.63, 3.8) is 0 Å². The Morgan fingerprint density at radius 3 is 2.41 bits per heavy atom. The molecule has 2 heterocycles. The highest BCUT2D eigenvalue weighted by atomic mass is 16.5. The molecule has 198 valence electrons. The van der Waals surface area contributed by atoms with Gasteiger partial charge in [0, 0.05) is 39.0 Å². The highest BCUT2D eigenvalue weighted by Gasteiger charge is 2.55. The molecule has 2 aromatic carbocycles. The summed E-state index contributed by atoms with van der Waals surface area (Å²) >= 11 is 0. The predicted octanol–water partition coefficient (Wildman–Crippen LogP) is 3.38. The van der Waals surface area contributed by atoms with Crippen molar-refractivity contribution in [2.75, 3.05) is 33.3 Å². The van der Waals surface area contributed by atoms with Crippen LogP contribution >= 0.6 is 0 Å². The first-order valence-electron chi connectivity index (χ1n) is 13.1. The number of ketones is 1. The van der Waals surface area contributed by atoms with Crippen LogP contribution in [0.1, 0.15) is 50.2 Å². The van der Waals surface area contributed by atoms with E-state index in [4.69, 9.17) is 10.5 Å². The molecule has 0 aromatic heterocycles. The van der Waals surface area contributed by atoms with Gasteiger partial charge >= 0.3 is 0 Å². The number of rotatable bonds is 9. The molecule has 0 unspecified atom stereocenters. The van der Waals surface area contributed by atoms with Gasteiger partial charge in [-0.05, 0) is 37.8 Å². The smallest absolute Gasteiger partial charge is 0.231 e. The Bertz CT molecular complexity index is 1100. The summed E-state index contributed by atoms with van der Waals surface area (Å²) in [5.74, 6) is -0.869. The summed E-state index contributed by atoms with van der Waals surface area (Å²) in [7, 11) is 1.84. The van der Waals surface area contributed by atoms with E-state index in [9.17, 15) is 14.4 Å². The van der Waals surface area contributed by atoms with Crippen LogP contribution in [0.5, 0.6) is 0 Å². The predicted molar refractivity (Wildman–Crippen MR) is 143 cm³/mol. The third-order valence-corrected chi connectivity index (χ3v) is 7.86. The van der Waals surface area contributed by atoms with Crippen molar-refractivity contribution < 1.29 is 19.1 Å². The first kappa shape index (κ1) is 27.0. The van der Waals surface area contributed by atoms with E-state index in [1.54, 1.807) is 23.6 Å². The van der Waals surface area contributed by atoms with Crippen molar-refractivity contribution in [3.05, 3.63) is 71.8 Å². The topological polar surface area (TPSA) is 92.9 Å². The zero-order chi connectivity index (χ0) is 26.6. The summed E-state index contributed by atoms with van der Waals surface area (Å²) in [4.78, 5) is 43.9. The maximum Gasteiger partial charge on any atom is 0.231 e. The average molecular weight is 506 g/mol. The fourth-order valence-electron chi connectivity index (χ4n) is 5.76. The number of carbonyl (C=O) groups is 3. The average Bonchev–Trinajstić information content (AvgIpc) is 3.13. The van der Waals surface area contributed by atoms with E-state index in [1.807, 2.05) is 55.6 Å². The van der Waals surface area contributed by atoms with E-state index >= 15 is 0 Å². The van der Waals surface area contributed by atoms with Crippen LogP contribution in [0.15, 0.2) is 60.7 Å². The number of amides is 2. The third-order valence-electron chi connectivity index (χ3n) is 7.86. The molecule has 2 aliphatic heterocycles. The number of Topliss-reactive ketones (excluding diaryl/α,β-unsaturated/α-hetero) is 1. The quantitative estimate of drug-likeness (QED) is 0.564.